The van der Waals surface area contributed by atoms with Crippen LogP contribution in [0, 0.1) is 0 Å². The van der Waals surface area contributed by atoms with Gasteiger partial charge in [0.25, 0.3) is 0 Å². The molecule has 5 rings (SSSR count). The average Bonchev–Trinajstić information content (AvgIpc) is 3.05. The van der Waals surface area contributed by atoms with Crippen molar-refractivity contribution in [3.8, 4) is 0 Å². The second-order valence-electron chi connectivity index (χ2n) is 9.05. The highest BCUT2D eigenvalue weighted by molar-refractivity contribution is 5.78. The van der Waals surface area contributed by atoms with Crippen LogP contribution in [0.25, 0.3) is 0 Å². The van der Waals surface area contributed by atoms with E-state index in [4.69, 9.17) is 0 Å². The lowest BCUT2D eigenvalue weighted by molar-refractivity contribution is -0.125. The zero-order valence-corrected chi connectivity index (χ0v) is 17.2. The monoisotopic (exact) mass is 390 g/mol. The number of aryl methyl sites for hydroxylation is 1. The molecule has 5 nitrogen and oxygen atoms in total. The molecule has 0 bridgehead atoms. The van der Waals surface area contributed by atoms with Crippen LogP contribution in [0.5, 0.6) is 0 Å². The summed E-state index contributed by atoms with van der Waals surface area (Å²) in [5.74, 6) is 0.494. The zero-order chi connectivity index (χ0) is 19.8. The topological polar surface area (TPSA) is 48.5 Å². The third-order valence-corrected chi connectivity index (χ3v) is 7.02. The van der Waals surface area contributed by atoms with Crippen LogP contribution in [0.15, 0.2) is 42.7 Å². The van der Waals surface area contributed by atoms with Crippen molar-refractivity contribution in [1.82, 2.24) is 15.2 Å². The first-order valence-electron chi connectivity index (χ1n) is 10.9. The number of piperidine rings is 1. The molecule has 0 radical (unpaired) electrons. The molecule has 3 aliphatic heterocycles. The van der Waals surface area contributed by atoms with Crippen LogP contribution in [0.1, 0.15) is 48.3 Å². The first-order valence-corrected chi connectivity index (χ1v) is 10.9. The maximum atomic E-state index is 12.3. The van der Waals surface area contributed by atoms with Crippen molar-refractivity contribution in [1.29, 1.82) is 0 Å². The third kappa shape index (κ3) is 3.52. The second-order valence-corrected chi connectivity index (χ2v) is 9.05. The van der Waals surface area contributed by atoms with E-state index in [1.165, 1.54) is 35.2 Å². The van der Waals surface area contributed by atoms with Gasteiger partial charge >= 0.3 is 0 Å². The van der Waals surface area contributed by atoms with E-state index in [1.807, 2.05) is 18.5 Å². The minimum atomic E-state index is -0.160. The van der Waals surface area contributed by atoms with Gasteiger partial charge in [-0.1, -0.05) is 18.2 Å². The summed E-state index contributed by atoms with van der Waals surface area (Å²) in [6, 6.07) is 11.1. The number of aromatic nitrogens is 1. The van der Waals surface area contributed by atoms with Gasteiger partial charge in [0.1, 0.15) is 0 Å². The predicted molar refractivity (Wildman–Crippen MR) is 115 cm³/mol. The Kier molecular flexibility index (Phi) is 4.78. The van der Waals surface area contributed by atoms with Gasteiger partial charge in [0, 0.05) is 63.6 Å². The van der Waals surface area contributed by atoms with E-state index < -0.39 is 0 Å². The Labute approximate surface area is 173 Å². The van der Waals surface area contributed by atoms with E-state index in [-0.39, 0.29) is 11.4 Å². The molecule has 4 heterocycles. The minimum absolute atomic E-state index is 0.160. The van der Waals surface area contributed by atoms with Gasteiger partial charge in [-0.05, 0) is 54.5 Å². The minimum Gasteiger partial charge on any atom is -0.374 e. The summed E-state index contributed by atoms with van der Waals surface area (Å²) in [5.41, 5.74) is 5.31. The number of rotatable bonds is 3. The van der Waals surface area contributed by atoms with Crippen molar-refractivity contribution < 1.29 is 4.79 Å². The van der Waals surface area contributed by atoms with Gasteiger partial charge in [-0.25, -0.2) is 0 Å². The summed E-state index contributed by atoms with van der Waals surface area (Å²) in [7, 11) is 2.19. The summed E-state index contributed by atoms with van der Waals surface area (Å²) in [6.45, 7) is 3.96. The molecular weight excluding hydrogens is 360 g/mol. The van der Waals surface area contributed by atoms with Crippen molar-refractivity contribution in [3.63, 3.8) is 0 Å². The van der Waals surface area contributed by atoms with Crippen LogP contribution in [-0.2, 0) is 17.8 Å². The number of carbonyl (C=O) groups excluding carboxylic acids is 1. The quantitative estimate of drug-likeness (QED) is 0.875. The Hall–Kier alpha value is -2.40. The molecule has 1 amide bonds. The van der Waals surface area contributed by atoms with Crippen LogP contribution < -0.4 is 10.2 Å². The first-order chi connectivity index (χ1) is 14.1. The molecular formula is C24H30N4O. The molecule has 0 aliphatic carbocycles. The van der Waals surface area contributed by atoms with Crippen molar-refractivity contribution in [2.45, 2.75) is 50.1 Å². The van der Waals surface area contributed by atoms with Crippen LogP contribution in [0.3, 0.4) is 0 Å². The van der Waals surface area contributed by atoms with E-state index in [0.717, 1.165) is 39.0 Å². The smallest absolute Gasteiger partial charge is 0.220 e. The number of hydrogen-bond acceptors (Lipinski definition) is 4. The molecule has 2 saturated heterocycles. The van der Waals surface area contributed by atoms with E-state index in [0.29, 0.717) is 12.3 Å². The standard InChI is InChI=1S/C24H30N4O/c1-27-12-4-6-19-13-18(8-9-22(19)27)15-28-16-21(20-5-3-11-25-14-20)24(17-28)10-2-7-23(29)26-24/h3,5,8-9,11,13-14,21H,2,4,6-7,10,12,15-17H2,1H3,(H,26,29)/t21-,24+/m0/s1. The van der Waals surface area contributed by atoms with Crippen molar-refractivity contribution in [2.75, 3.05) is 31.6 Å². The molecule has 29 heavy (non-hydrogen) atoms. The van der Waals surface area contributed by atoms with Crippen LogP contribution in [0.4, 0.5) is 5.69 Å². The van der Waals surface area contributed by atoms with Crippen molar-refractivity contribution >= 4 is 11.6 Å². The molecule has 2 aromatic rings. The fourth-order valence-electron chi connectivity index (χ4n) is 5.68. The van der Waals surface area contributed by atoms with Gasteiger partial charge in [-0.3, -0.25) is 14.7 Å². The normalized spacial score (nSPS) is 27.1. The van der Waals surface area contributed by atoms with Crippen LogP contribution >= 0.6 is 0 Å². The molecule has 2 fully saturated rings. The predicted octanol–water partition coefficient (Wildman–Crippen LogP) is 3.10. The van der Waals surface area contributed by atoms with Crippen molar-refractivity contribution in [3.05, 3.63) is 59.4 Å². The lowest BCUT2D eigenvalue weighted by atomic mass is 9.77. The van der Waals surface area contributed by atoms with Gasteiger partial charge in [-0.15, -0.1) is 0 Å². The summed E-state index contributed by atoms with van der Waals surface area (Å²) < 4.78 is 0. The molecule has 5 heteroatoms. The van der Waals surface area contributed by atoms with Crippen molar-refractivity contribution in [2.24, 2.45) is 0 Å². The van der Waals surface area contributed by atoms with E-state index in [9.17, 15) is 4.79 Å². The van der Waals surface area contributed by atoms with Crippen LogP contribution in [0.2, 0.25) is 0 Å². The van der Waals surface area contributed by atoms with Gasteiger partial charge < -0.3 is 10.2 Å². The number of anilines is 1. The number of nitrogens with one attached hydrogen (secondary N) is 1. The van der Waals surface area contributed by atoms with Crippen LogP contribution in [-0.4, -0.2) is 48.0 Å². The Balaban J connectivity index is 1.40. The summed E-state index contributed by atoms with van der Waals surface area (Å²) in [5, 5.41) is 3.40. The number of likely N-dealkylation sites (tertiary alicyclic amines) is 1. The highest BCUT2D eigenvalue weighted by Gasteiger charge is 2.49. The Bertz CT molecular complexity index is 899. The Morgan fingerprint density at radius 3 is 3.00 bits per heavy atom. The molecule has 152 valence electrons. The van der Waals surface area contributed by atoms with E-state index in [2.05, 4.69) is 51.4 Å². The largest absolute Gasteiger partial charge is 0.374 e. The molecule has 1 aromatic heterocycles. The van der Waals surface area contributed by atoms with E-state index in [1.54, 1.807) is 0 Å². The highest BCUT2D eigenvalue weighted by Crippen LogP contribution is 2.41. The number of amides is 1. The maximum Gasteiger partial charge on any atom is 0.220 e. The second kappa shape index (κ2) is 7.45. The zero-order valence-electron chi connectivity index (χ0n) is 17.2. The SMILES string of the molecule is CN1CCCc2cc(CN3C[C@@H](c4cccnc4)[C@@]4(CCCC(=O)N4)C3)ccc21. The summed E-state index contributed by atoms with van der Waals surface area (Å²) in [4.78, 5) is 21.6. The molecule has 0 unspecified atom stereocenters. The summed E-state index contributed by atoms with van der Waals surface area (Å²) >= 11 is 0. The Morgan fingerprint density at radius 2 is 2.17 bits per heavy atom. The van der Waals surface area contributed by atoms with Gasteiger partial charge in [-0.2, -0.15) is 0 Å². The molecule has 1 spiro atoms. The molecule has 1 N–H and O–H groups in total. The molecule has 1 aromatic carbocycles. The molecule has 0 saturated carbocycles. The van der Waals surface area contributed by atoms with Gasteiger partial charge in [0.15, 0.2) is 0 Å². The highest BCUT2D eigenvalue weighted by atomic mass is 16.1. The third-order valence-electron chi connectivity index (χ3n) is 7.02. The molecule has 2 atom stereocenters. The first kappa shape index (κ1) is 18.6. The lowest BCUT2D eigenvalue weighted by Gasteiger charge is -2.39. The summed E-state index contributed by atoms with van der Waals surface area (Å²) in [6.07, 6.45) is 8.88. The van der Waals surface area contributed by atoms with E-state index >= 15 is 0 Å². The van der Waals surface area contributed by atoms with Gasteiger partial charge in [0.2, 0.25) is 5.91 Å². The number of benzene rings is 1. The number of nitrogens with zero attached hydrogens (tertiary/aromatic N) is 3. The fraction of sp³-hybridized carbons (Fsp3) is 0.500. The number of carbonyl (C=O) groups is 1. The number of hydrogen-bond donors (Lipinski definition) is 1. The fourth-order valence-corrected chi connectivity index (χ4v) is 5.68. The lowest BCUT2D eigenvalue weighted by Crippen LogP contribution is -2.56. The number of pyridine rings is 1. The number of fused-ring (bicyclic) bond motifs is 1. The molecule has 3 aliphatic rings. The van der Waals surface area contributed by atoms with Gasteiger partial charge in [0.05, 0.1) is 5.54 Å². The maximum absolute atomic E-state index is 12.3. The average molecular weight is 391 g/mol. The Morgan fingerprint density at radius 1 is 1.24 bits per heavy atom.